The van der Waals surface area contributed by atoms with E-state index in [4.69, 9.17) is 0 Å². The summed E-state index contributed by atoms with van der Waals surface area (Å²) in [7, 11) is 0. The van der Waals surface area contributed by atoms with Gasteiger partial charge in [0.25, 0.3) is 0 Å². The first-order valence-corrected chi connectivity index (χ1v) is 5.23. The van der Waals surface area contributed by atoms with E-state index in [0.29, 0.717) is 5.69 Å². The van der Waals surface area contributed by atoms with E-state index in [0.717, 1.165) is 6.07 Å². The summed E-state index contributed by atoms with van der Waals surface area (Å²) in [5, 5.41) is 9.34. The van der Waals surface area contributed by atoms with Crippen molar-refractivity contribution in [3.05, 3.63) is 47.7 Å². The van der Waals surface area contributed by atoms with E-state index in [1.807, 2.05) is 0 Å². The van der Waals surface area contributed by atoms with E-state index < -0.39 is 11.7 Å². The minimum absolute atomic E-state index is 0.00750. The van der Waals surface area contributed by atoms with Gasteiger partial charge in [0.05, 0.1) is 17.0 Å². The number of benzene rings is 1. The predicted molar refractivity (Wildman–Crippen MR) is 61.1 cm³/mol. The molecule has 0 aliphatic rings. The molecule has 1 N–H and O–H groups in total. The fourth-order valence-corrected chi connectivity index (χ4v) is 1.66. The Morgan fingerprint density at radius 1 is 1.06 bits per heavy atom. The first-order valence-electron chi connectivity index (χ1n) is 5.23. The lowest BCUT2D eigenvalue weighted by atomic mass is 10.0. The van der Waals surface area contributed by atoms with Crippen molar-refractivity contribution in [1.29, 1.82) is 0 Å². The Morgan fingerprint density at radius 3 is 2.33 bits per heavy atom. The number of nitrogens with zero attached hydrogens (tertiary/aromatic N) is 1. The second-order valence-electron chi connectivity index (χ2n) is 3.84. The Balaban J connectivity index is 2.61. The number of aromatic nitrogens is 1. The van der Waals surface area contributed by atoms with E-state index in [1.54, 1.807) is 0 Å². The van der Waals surface area contributed by atoms with Crippen LogP contribution in [0.2, 0.25) is 0 Å². The van der Waals surface area contributed by atoms with Crippen molar-refractivity contribution in [2.24, 2.45) is 0 Å². The molecule has 1 aromatic heterocycles. The van der Waals surface area contributed by atoms with Crippen molar-refractivity contribution < 1.29 is 18.3 Å². The van der Waals surface area contributed by atoms with Crippen molar-refractivity contribution in [2.75, 3.05) is 0 Å². The normalized spacial score (nSPS) is 11.6. The molecule has 0 bridgehead atoms. The van der Waals surface area contributed by atoms with Gasteiger partial charge in [-0.3, -0.25) is 0 Å². The third-order valence-corrected chi connectivity index (χ3v) is 2.57. The molecule has 0 radical (unpaired) electrons. The first kappa shape index (κ1) is 12.4. The minimum atomic E-state index is -4.43. The average Bonchev–Trinajstić information content (AvgIpc) is 2.32. The molecule has 94 valence electrons. The van der Waals surface area contributed by atoms with Gasteiger partial charge in [0.1, 0.15) is 5.75 Å². The Hall–Kier alpha value is -2.04. The molecule has 0 spiro atoms. The SMILES string of the molecule is Cc1nc(-c2ccccc2C(F)(F)F)ccc1O. The van der Waals surface area contributed by atoms with Gasteiger partial charge in [0, 0.05) is 5.56 Å². The lowest BCUT2D eigenvalue weighted by molar-refractivity contribution is -0.137. The van der Waals surface area contributed by atoms with E-state index in [9.17, 15) is 18.3 Å². The van der Waals surface area contributed by atoms with Crippen LogP contribution in [-0.2, 0) is 6.18 Å². The highest BCUT2D eigenvalue weighted by Gasteiger charge is 2.33. The summed E-state index contributed by atoms with van der Waals surface area (Å²) in [6.07, 6.45) is -4.43. The molecular weight excluding hydrogens is 243 g/mol. The Morgan fingerprint density at radius 2 is 1.72 bits per heavy atom. The van der Waals surface area contributed by atoms with Crippen LogP contribution in [0.25, 0.3) is 11.3 Å². The largest absolute Gasteiger partial charge is 0.506 e. The lowest BCUT2D eigenvalue weighted by Crippen LogP contribution is -2.07. The van der Waals surface area contributed by atoms with Crippen molar-refractivity contribution in [2.45, 2.75) is 13.1 Å². The van der Waals surface area contributed by atoms with E-state index in [1.165, 1.54) is 37.3 Å². The molecule has 1 heterocycles. The highest BCUT2D eigenvalue weighted by atomic mass is 19.4. The van der Waals surface area contributed by atoms with Gasteiger partial charge >= 0.3 is 6.18 Å². The average molecular weight is 253 g/mol. The minimum Gasteiger partial charge on any atom is -0.506 e. The monoisotopic (exact) mass is 253 g/mol. The summed E-state index contributed by atoms with van der Waals surface area (Å²) in [4.78, 5) is 3.97. The number of aromatic hydroxyl groups is 1. The molecule has 18 heavy (non-hydrogen) atoms. The van der Waals surface area contributed by atoms with Crippen LogP contribution < -0.4 is 0 Å². The van der Waals surface area contributed by atoms with Crippen LogP contribution in [0.5, 0.6) is 5.75 Å². The highest BCUT2D eigenvalue weighted by Crippen LogP contribution is 2.36. The van der Waals surface area contributed by atoms with Gasteiger partial charge in [0.15, 0.2) is 0 Å². The lowest BCUT2D eigenvalue weighted by Gasteiger charge is -2.12. The number of rotatable bonds is 1. The second kappa shape index (κ2) is 4.33. The van der Waals surface area contributed by atoms with E-state index in [-0.39, 0.29) is 17.0 Å². The standard InChI is InChI=1S/C13H10F3NO/c1-8-12(18)7-6-11(17-8)9-4-2-3-5-10(9)13(14,15)16/h2-7,18H,1H3. The maximum Gasteiger partial charge on any atom is 0.417 e. The molecule has 0 saturated heterocycles. The summed E-state index contributed by atoms with van der Waals surface area (Å²) in [5.41, 5.74) is -0.238. The van der Waals surface area contributed by atoms with Gasteiger partial charge < -0.3 is 5.11 Å². The van der Waals surface area contributed by atoms with Crippen molar-refractivity contribution in [1.82, 2.24) is 4.98 Å². The number of alkyl halides is 3. The Labute approximate surface area is 102 Å². The van der Waals surface area contributed by atoms with Crippen molar-refractivity contribution in [3.63, 3.8) is 0 Å². The summed E-state index contributed by atoms with van der Waals surface area (Å²) < 4.78 is 38.5. The summed E-state index contributed by atoms with van der Waals surface area (Å²) >= 11 is 0. The number of hydrogen-bond acceptors (Lipinski definition) is 2. The van der Waals surface area contributed by atoms with Gasteiger partial charge in [-0.2, -0.15) is 13.2 Å². The smallest absolute Gasteiger partial charge is 0.417 e. The maximum atomic E-state index is 12.8. The molecule has 0 atom stereocenters. The first-order chi connectivity index (χ1) is 8.39. The molecule has 0 saturated carbocycles. The van der Waals surface area contributed by atoms with Crippen molar-refractivity contribution >= 4 is 0 Å². The zero-order valence-electron chi connectivity index (χ0n) is 9.49. The Kier molecular flexibility index (Phi) is 2.98. The summed E-state index contributed by atoms with van der Waals surface area (Å²) in [6.45, 7) is 1.54. The summed E-state index contributed by atoms with van der Waals surface area (Å²) in [6, 6.07) is 7.94. The molecule has 0 aliphatic carbocycles. The van der Waals surface area contributed by atoms with Gasteiger partial charge in [-0.05, 0) is 25.1 Å². The molecule has 2 rings (SSSR count). The number of aryl methyl sites for hydroxylation is 1. The molecular formula is C13H10F3NO. The van der Waals surface area contributed by atoms with Gasteiger partial charge in [0.2, 0.25) is 0 Å². The third kappa shape index (κ3) is 2.30. The molecule has 0 unspecified atom stereocenters. The Bertz CT molecular complexity index is 579. The van der Waals surface area contributed by atoms with Crippen LogP contribution in [0.4, 0.5) is 13.2 Å². The van der Waals surface area contributed by atoms with Gasteiger partial charge in [-0.25, -0.2) is 4.98 Å². The van der Waals surface area contributed by atoms with Crippen LogP contribution in [0, 0.1) is 6.92 Å². The predicted octanol–water partition coefficient (Wildman–Crippen LogP) is 3.78. The topological polar surface area (TPSA) is 33.1 Å². The second-order valence-corrected chi connectivity index (χ2v) is 3.84. The molecule has 0 fully saturated rings. The molecule has 0 aliphatic heterocycles. The molecule has 0 amide bonds. The molecule has 2 nitrogen and oxygen atoms in total. The van der Waals surface area contributed by atoms with Gasteiger partial charge in [-0.1, -0.05) is 18.2 Å². The van der Waals surface area contributed by atoms with Crippen LogP contribution in [0.1, 0.15) is 11.3 Å². The van der Waals surface area contributed by atoms with Crippen LogP contribution in [0.3, 0.4) is 0 Å². The third-order valence-electron chi connectivity index (χ3n) is 2.57. The van der Waals surface area contributed by atoms with E-state index in [2.05, 4.69) is 4.98 Å². The summed E-state index contributed by atoms with van der Waals surface area (Å²) in [5.74, 6) is -0.0387. The van der Waals surface area contributed by atoms with Crippen LogP contribution in [0.15, 0.2) is 36.4 Å². The fourth-order valence-electron chi connectivity index (χ4n) is 1.66. The zero-order chi connectivity index (χ0) is 13.3. The highest BCUT2D eigenvalue weighted by molar-refractivity contribution is 5.65. The molecule has 1 aromatic carbocycles. The zero-order valence-corrected chi connectivity index (χ0v) is 9.49. The number of halogens is 3. The molecule has 2 aromatic rings. The van der Waals surface area contributed by atoms with E-state index >= 15 is 0 Å². The van der Waals surface area contributed by atoms with Gasteiger partial charge in [-0.15, -0.1) is 0 Å². The van der Waals surface area contributed by atoms with Crippen LogP contribution >= 0.6 is 0 Å². The quantitative estimate of drug-likeness (QED) is 0.838. The maximum absolute atomic E-state index is 12.8. The van der Waals surface area contributed by atoms with Crippen molar-refractivity contribution in [3.8, 4) is 17.0 Å². The fraction of sp³-hybridized carbons (Fsp3) is 0.154. The van der Waals surface area contributed by atoms with Crippen LogP contribution in [-0.4, -0.2) is 10.1 Å². The number of pyridine rings is 1. The molecule has 5 heteroatoms. The number of hydrogen-bond donors (Lipinski definition) is 1.